The van der Waals surface area contributed by atoms with E-state index < -0.39 is 0 Å². The third-order valence-electron chi connectivity index (χ3n) is 0.979. The number of ether oxygens (including phenoxy) is 1. The van der Waals surface area contributed by atoms with Crippen LogP contribution in [0.1, 0.15) is 0 Å². The van der Waals surface area contributed by atoms with E-state index in [-0.39, 0.29) is 0 Å². The average Bonchev–Trinajstić information content (AvgIpc) is 1.94. The molecule has 0 amide bonds. The molecule has 0 atom stereocenters. The Kier molecular flexibility index (Phi) is 2.31. The predicted molar refractivity (Wildman–Crippen MR) is 39.8 cm³/mol. The van der Waals surface area contributed by atoms with Gasteiger partial charge in [-0.1, -0.05) is 0 Å². The van der Waals surface area contributed by atoms with Crippen LogP contribution in [0.25, 0.3) is 0 Å². The van der Waals surface area contributed by atoms with Crippen molar-refractivity contribution in [2.75, 3.05) is 12.8 Å². The summed E-state index contributed by atoms with van der Waals surface area (Å²) in [6, 6.07) is 0. The van der Waals surface area contributed by atoms with Crippen LogP contribution in [-0.2, 0) is 0 Å². The number of aromatic nitrogens is 2. The molecule has 1 heterocycles. The summed E-state index contributed by atoms with van der Waals surface area (Å²) >= 11 is 0.927. The van der Waals surface area contributed by atoms with E-state index >= 15 is 0 Å². The zero-order valence-corrected chi connectivity index (χ0v) is 8.83. The van der Waals surface area contributed by atoms with Gasteiger partial charge < -0.3 is 0 Å². The normalized spacial score (nSPS) is 9.40. The first-order valence-electron chi connectivity index (χ1n) is 2.66. The van der Waals surface area contributed by atoms with Gasteiger partial charge in [0.25, 0.3) is 0 Å². The molecule has 0 bridgehead atoms. The predicted octanol–water partition coefficient (Wildman–Crippen LogP) is -1.41. The van der Waals surface area contributed by atoms with Crippen LogP contribution in [0.5, 0.6) is 5.88 Å². The van der Waals surface area contributed by atoms with Crippen LogP contribution >= 0.6 is 0 Å². The molecule has 5 heteroatoms. The van der Waals surface area contributed by atoms with Crippen molar-refractivity contribution < 1.29 is 4.74 Å². The van der Waals surface area contributed by atoms with E-state index in [1.807, 2.05) is 0 Å². The molecule has 0 aliphatic rings. The standard InChI is InChI=1S/C5H6N3O.Sn.H/c1-9-5-4(6)7-2-3-8-5;;/h2H,1H3,(H2,6,7);;. The van der Waals surface area contributed by atoms with Crippen LogP contribution in [0.15, 0.2) is 6.20 Å². The number of nitrogen functional groups attached to an aromatic ring is 1. The van der Waals surface area contributed by atoms with Crippen LogP contribution in [0.2, 0.25) is 0 Å². The van der Waals surface area contributed by atoms with Crippen molar-refractivity contribution in [3.05, 3.63) is 6.20 Å². The Bertz CT molecular complexity index is 240. The van der Waals surface area contributed by atoms with E-state index in [0.29, 0.717) is 11.7 Å². The number of hydrogen-bond donors (Lipinski definition) is 1. The number of nitrogens with zero attached hydrogens (tertiary/aromatic N) is 2. The summed E-state index contributed by atoms with van der Waals surface area (Å²) in [6.45, 7) is 0. The van der Waals surface area contributed by atoms with Crippen LogP contribution in [0.4, 0.5) is 5.82 Å². The van der Waals surface area contributed by atoms with Gasteiger partial charge in [0.15, 0.2) is 0 Å². The van der Waals surface area contributed by atoms with E-state index in [0.717, 1.165) is 26.2 Å². The van der Waals surface area contributed by atoms with Crippen molar-refractivity contribution in [3.63, 3.8) is 0 Å². The summed E-state index contributed by atoms with van der Waals surface area (Å²) in [5.41, 5.74) is 5.42. The molecule has 0 aromatic carbocycles. The average molecular weight is 244 g/mol. The van der Waals surface area contributed by atoms with Gasteiger partial charge in [-0.05, 0) is 0 Å². The maximum absolute atomic E-state index is 5.42. The van der Waals surface area contributed by atoms with Gasteiger partial charge in [-0.25, -0.2) is 0 Å². The summed E-state index contributed by atoms with van der Waals surface area (Å²) < 4.78 is 5.78. The number of methoxy groups -OCH3 is 1. The molecule has 4 nitrogen and oxygen atoms in total. The molecule has 0 fully saturated rings. The zero-order valence-electron chi connectivity index (χ0n) is 5.53. The third-order valence-corrected chi connectivity index (χ3v) is 1.77. The van der Waals surface area contributed by atoms with Crippen LogP contribution < -0.4 is 14.2 Å². The molecule has 52 valence electrons. The van der Waals surface area contributed by atoms with Gasteiger partial charge in [0.2, 0.25) is 0 Å². The summed E-state index contributed by atoms with van der Waals surface area (Å²) in [7, 11) is 1.53. The van der Waals surface area contributed by atoms with Crippen molar-refractivity contribution in [1.29, 1.82) is 0 Å². The number of nitrogens with two attached hydrogens (primary N) is 1. The van der Waals surface area contributed by atoms with Crippen molar-refractivity contribution >= 4 is 32.1 Å². The molecule has 0 unspecified atom stereocenters. The van der Waals surface area contributed by atoms with Gasteiger partial charge in [-0.2, -0.15) is 0 Å². The molecular formula is C5H7N3OSn. The summed E-state index contributed by atoms with van der Waals surface area (Å²) in [5, 5.41) is 0. The summed E-state index contributed by atoms with van der Waals surface area (Å²) in [4.78, 5) is 7.91. The fraction of sp³-hybridized carbons (Fsp3) is 0.200. The number of anilines is 1. The Morgan fingerprint density at radius 1 is 1.70 bits per heavy atom. The minimum atomic E-state index is 0.348. The van der Waals surface area contributed by atoms with E-state index in [1.54, 1.807) is 6.20 Å². The Balaban J connectivity index is 3.09. The first-order chi connectivity index (χ1) is 4.74. The van der Waals surface area contributed by atoms with Crippen LogP contribution in [0, 0.1) is 0 Å². The fourth-order valence-electron chi connectivity index (χ4n) is 0.545. The third kappa shape index (κ3) is 1.50. The molecule has 2 N–H and O–H groups in total. The topological polar surface area (TPSA) is 61.0 Å². The van der Waals surface area contributed by atoms with E-state index in [4.69, 9.17) is 10.5 Å². The fourth-order valence-corrected chi connectivity index (χ4v) is 1.09. The Labute approximate surface area is 71.9 Å². The molecule has 0 saturated carbocycles. The first-order valence-corrected chi connectivity index (χ1v) is 4.31. The van der Waals surface area contributed by atoms with Gasteiger partial charge in [0, 0.05) is 0 Å². The van der Waals surface area contributed by atoms with Gasteiger partial charge in [-0.15, -0.1) is 0 Å². The molecule has 2 radical (unpaired) electrons. The molecule has 1 aromatic heterocycles. The van der Waals surface area contributed by atoms with Gasteiger partial charge in [-0.3, -0.25) is 0 Å². The summed E-state index contributed by atoms with van der Waals surface area (Å²) in [5.74, 6) is 0.769. The monoisotopic (exact) mass is 245 g/mol. The van der Waals surface area contributed by atoms with Crippen molar-refractivity contribution in [3.8, 4) is 5.88 Å². The Morgan fingerprint density at radius 3 is 2.90 bits per heavy atom. The minimum absolute atomic E-state index is 0.348. The van der Waals surface area contributed by atoms with Gasteiger partial charge in [0.1, 0.15) is 0 Å². The van der Waals surface area contributed by atoms with Crippen LogP contribution in [-0.4, -0.2) is 39.6 Å². The Morgan fingerprint density at radius 2 is 2.40 bits per heavy atom. The number of hydrogen-bond acceptors (Lipinski definition) is 4. The van der Waals surface area contributed by atoms with Crippen molar-refractivity contribution in [1.82, 2.24) is 9.97 Å². The molecular weight excluding hydrogens is 237 g/mol. The van der Waals surface area contributed by atoms with E-state index in [9.17, 15) is 0 Å². The van der Waals surface area contributed by atoms with Gasteiger partial charge >= 0.3 is 71.7 Å². The van der Waals surface area contributed by atoms with E-state index in [2.05, 4.69) is 9.97 Å². The molecule has 1 rings (SSSR count). The molecule has 10 heavy (non-hydrogen) atoms. The summed E-state index contributed by atoms with van der Waals surface area (Å²) in [6.07, 6.45) is 1.65. The molecule has 0 aliphatic carbocycles. The molecule has 0 aliphatic heterocycles. The first kappa shape index (κ1) is 7.58. The maximum atomic E-state index is 5.42. The quantitative estimate of drug-likeness (QED) is 0.616. The van der Waals surface area contributed by atoms with Crippen molar-refractivity contribution in [2.24, 2.45) is 0 Å². The van der Waals surface area contributed by atoms with E-state index in [1.165, 1.54) is 7.11 Å². The molecule has 0 spiro atoms. The van der Waals surface area contributed by atoms with Crippen molar-refractivity contribution in [2.45, 2.75) is 0 Å². The SMILES string of the molecule is COc1n[c]([SnH])cnc1N. The molecule has 1 aromatic rings. The zero-order chi connectivity index (χ0) is 7.56. The Hall–Kier alpha value is -0.521. The number of rotatable bonds is 1. The second-order valence-electron chi connectivity index (χ2n) is 1.69. The second kappa shape index (κ2) is 3.05. The second-order valence-corrected chi connectivity index (χ2v) is 3.38. The van der Waals surface area contributed by atoms with Gasteiger partial charge in [0.05, 0.1) is 0 Å². The molecule has 0 saturated heterocycles. The van der Waals surface area contributed by atoms with Crippen LogP contribution in [0.3, 0.4) is 0 Å².